The third-order valence-electron chi connectivity index (χ3n) is 5.41. The summed E-state index contributed by atoms with van der Waals surface area (Å²) in [6, 6.07) is 0.765. The van der Waals surface area contributed by atoms with E-state index in [4.69, 9.17) is 0 Å². The fourth-order valence-electron chi connectivity index (χ4n) is 4.12. The first-order valence-electron chi connectivity index (χ1n) is 9.35. The van der Waals surface area contributed by atoms with Gasteiger partial charge in [-0.15, -0.1) is 0 Å². The van der Waals surface area contributed by atoms with Crippen LogP contribution in [-0.2, 0) is 0 Å². The highest BCUT2D eigenvalue weighted by Crippen LogP contribution is 2.43. The maximum Gasteiger partial charge on any atom is 0.0100 e. The second-order valence-electron chi connectivity index (χ2n) is 7.56. The highest BCUT2D eigenvalue weighted by molar-refractivity contribution is 4.90. The Labute approximate surface area is 128 Å². The van der Waals surface area contributed by atoms with E-state index in [1.807, 2.05) is 0 Å². The Morgan fingerprint density at radius 3 is 2.35 bits per heavy atom. The Morgan fingerprint density at radius 2 is 1.70 bits per heavy atom. The summed E-state index contributed by atoms with van der Waals surface area (Å²) in [6.07, 6.45) is 15.7. The van der Waals surface area contributed by atoms with Gasteiger partial charge in [0, 0.05) is 6.04 Å². The van der Waals surface area contributed by atoms with Gasteiger partial charge in [0.2, 0.25) is 0 Å². The molecule has 0 amide bonds. The maximum atomic E-state index is 3.81. The molecule has 0 spiro atoms. The summed E-state index contributed by atoms with van der Waals surface area (Å²) in [4.78, 5) is 0. The number of hydrogen-bond acceptors (Lipinski definition) is 1. The normalized spacial score (nSPS) is 23.7. The lowest BCUT2D eigenvalue weighted by molar-refractivity contribution is 0.0942. The van der Waals surface area contributed by atoms with Gasteiger partial charge in [-0.2, -0.15) is 0 Å². The average Bonchev–Trinajstić information content (AvgIpc) is 2.41. The fourth-order valence-corrected chi connectivity index (χ4v) is 4.12. The molecule has 0 aromatic rings. The van der Waals surface area contributed by atoms with Gasteiger partial charge in [-0.3, -0.25) is 0 Å². The first-order chi connectivity index (χ1) is 9.61. The zero-order chi connectivity index (χ0) is 14.8. The summed E-state index contributed by atoms with van der Waals surface area (Å²) in [7, 11) is 0. The van der Waals surface area contributed by atoms with Gasteiger partial charge in [0.05, 0.1) is 0 Å². The predicted molar refractivity (Wildman–Crippen MR) is 91.2 cm³/mol. The molecule has 1 aliphatic carbocycles. The van der Waals surface area contributed by atoms with Crippen molar-refractivity contribution in [1.29, 1.82) is 0 Å². The Bertz CT molecular complexity index is 234. The molecule has 2 unspecified atom stereocenters. The van der Waals surface area contributed by atoms with Crippen molar-refractivity contribution in [2.75, 3.05) is 6.54 Å². The average molecular weight is 282 g/mol. The minimum absolute atomic E-state index is 0.549. The SMILES string of the molecule is CCCCCCCCC(NCC)C1CCCCC1(C)C. The molecule has 2 atom stereocenters. The summed E-state index contributed by atoms with van der Waals surface area (Å²) >= 11 is 0. The fraction of sp³-hybridized carbons (Fsp3) is 1.00. The summed E-state index contributed by atoms with van der Waals surface area (Å²) in [5.74, 6) is 0.895. The van der Waals surface area contributed by atoms with Crippen LogP contribution in [0.15, 0.2) is 0 Å². The van der Waals surface area contributed by atoms with Gasteiger partial charge in [0.1, 0.15) is 0 Å². The molecular formula is C19H39N. The lowest BCUT2D eigenvalue weighted by Gasteiger charge is -2.43. The highest BCUT2D eigenvalue weighted by atomic mass is 14.9. The van der Waals surface area contributed by atoms with Crippen LogP contribution in [0.2, 0.25) is 0 Å². The van der Waals surface area contributed by atoms with Crippen LogP contribution in [0.5, 0.6) is 0 Å². The smallest absolute Gasteiger partial charge is 0.0100 e. The first-order valence-corrected chi connectivity index (χ1v) is 9.35. The Kier molecular flexibility index (Phi) is 8.84. The molecule has 1 aliphatic rings. The summed E-state index contributed by atoms with van der Waals surface area (Å²) in [5, 5.41) is 3.81. The summed E-state index contributed by atoms with van der Waals surface area (Å²) in [6.45, 7) is 10.7. The van der Waals surface area contributed by atoms with Crippen molar-refractivity contribution in [3.8, 4) is 0 Å². The molecule has 1 nitrogen and oxygen atoms in total. The molecule has 0 aromatic carbocycles. The minimum atomic E-state index is 0.549. The van der Waals surface area contributed by atoms with E-state index in [1.165, 1.54) is 70.6 Å². The quantitative estimate of drug-likeness (QED) is 0.489. The Morgan fingerprint density at radius 1 is 1.00 bits per heavy atom. The molecule has 0 aromatic heterocycles. The standard InChI is InChI=1S/C19H39N/c1-5-7-8-9-10-11-15-18(20-6-2)17-14-12-13-16-19(17,3)4/h17-18,20H,5-16H2,1-4H3. The van der Waals surface area contributed by atoms with Crippen molar-refractivity contribution in [2.45, 2.75) is 104 Å². The summed E-state index contributed by atoms with van der Waals surface area (Å²) in [5.41, 5.74) is 0.549. The van der Waals surface area contributed by atoms with Crippen LogP contribution < -0.4 is 5.32 Å². The first kappa shape index (κ1) is 18.0. The van der Waals surface area contributed by atoms with E-state index >= 15 is 0 Å². The van der Waals surface area contributed by atoms with Crippen molar-refractivity contribution >= 4 is 0 Å². The molecule has 0 bridgehead atoms. The van der Waals surface area contributed by atoms with Crippen molar-refractivity contribution in [3.63, 3.8) is 0 Å². The van der Waals surface area contributed by atoms with E-state index in [1.54, 1.807) is 0 Å². The molecule has 1 saturated carbocycles. The van der Waals surface area contributed by atoms with E-state index in [2.05, 4.69) is 33.0 Å². The minimum Gasteiger partial charge on any atom is -0.314 e. The molecule has 120 valence electrons. The van der Waals surface area contributed by atoms with Gasteiger partial charge in [0.25, 0.3) is 0 Å². The molecule has 0 saturated heterocycles. The van der Waals surface area contributed by atoms with Crippen molar-refractivity contribution in [2.24, 2.45) is 11.3 Å². The predicted octanol–water partition coefficient (Wildman–Crippen LogP) is 5.93. The Hall–Kier alpha value is -0.0400. The largest absolute Gasteiger partial charge is 0.314 e. The van der Waals surface area contributed by atoms with Crippen LogP contribution in [0, 0.1) is 11.3 Å². The molecule has 0 radical (unpaired) electrons. The van der Waals surface area contributed by atoms with Crippen LogP contribution in [0.4, 0.5) is 0 Å². The van der Waals surface area contributed by atoms with Crippen LogP contribution >= 0.6 is 0 Å². The van der Waals surface area contributed by atoms with E-state index in [0.717, 1.165) is 18.5 Å². The van der Waals surface area contributed by atoms with Gasteiger partial charge in [-0.25, -0.2) is 0 Å². The number of unbranched alkanes of at least 4 members (excludes halogenated alkanes) is 5. The van der Waals surface area contributed by atoms with Gasteiger partial charge in [-0.05, 0) is 37.1 Å². The monoisotopic (exact) mass is 281 g/mol. The topological polar surface area (TPSA) is 12.0 Å². The lowest BCUT2D eigenvalue weighted by Crippen LogP contribution is -2.44. The summed E-state index contributed by atoms with van der Waals surface area (Å²) < 4.78 is 0. The second kappa shape index (κ2) is 9.82. The van der Waals surface area contributed by atoms with E-state index in [0.29, 0.717) is 5.41 Å². The molecule has 0 heterocycles. The maximum absolute atomic E-state index is 3.81. The number of nitrogens with one attached hydrogen (secondary N) is 1. The van der Waals surface area contributed by atoms with Crippen LogP contribution in [0.3, 0.4) is 0 Å². The van der Waals surface area contributed by atoms with Crippen LogP contribution in [0.1, 0.15) is 98.3 Å². The van der Waals surface area contributed by atoms with Crippen molar-refractivity contribution in [3.05, 3.63) is 0 Å². The number of hydrogen-bond donors (Lipinski definition) is 1. The Balaban J connectivity index is 2.35. The zero-order valence-corrected chi connectivity index (χ0v) is 14.6. The number of rotatable bonds is 10. The van der Waals surface area contributed by atoms with Gasteiger partial charge < -0.3 is 5.32 Å². The lowest BCUT2D eigenvalue weighted by atomic mass is 9.65. The van der Waals surface area contributed by atoms with Crippen LogP contribution in [-0.4, -0.2) is 12.6 Å². The molecule has 0 aliphatic heterocycles. The van der Waals surface area contributed by atoms with E-state index in [9.17, 15) is 0 Å². The molecule has 1 N–H and O–H groups in total. The van der Waals surface area contributed by atoms with Crippen molar-refractivity contribution in [1.82, 2.24) is 5.32 Å². The molecule has 1 fully saturated rings. The highest BCUT2D eigenvalue weighted by Gasteiger charge is 2.36. The van der Waals surface area contributed by atoms with E-state index < -0.39 is 0 Å². The third kappa shape index (κ3) is 6.16. The third-order valence-corrected chi connectivity index (χ3v) is 5.41. The molecule has 1 rings (SSSR count). The van der Waals surface area contributed by atoms with Gasteiger partial charge >= 0.3 is 0 Å². The molecule has 1 heteroatoms. The zero-order valence-electron chi connectivity index (χ0n) is 14.6. The second-order valence-corrected chi connectivity index (χ2v) is 7.56. The van der Waals surface area contributed by atoms with Gasteiger partial charge in [0.15, 0.2) is 0 Å². The van der Waals surface area contributed by atoms with Crippen molar-refractivity contribution < 1.29 is 0 Å². The van der Waals surface area contributed by atoms with E-state index in [-0.39, 0.29) is 0 Å². The van der Waals surface area contributed by atoms with Crippen LogP contribution in [0.25, 0.3) is 0 Å². The van der Waals surface area contributed by atoms with Gasteiger partial charge in [-0.1, -0.05) is 79.1 Å². The molecular weight excluding hydrogens is 242 g/mol. The molecule has 20 heavy (non-hydrogen) atoms.